The number of aromatic nitrogens is 2. The molecule has 1 N–H and O–H groups in total. The lowest BCUT2D eigenvalue weighted by atomic mass is 10.0. The van der Waals surface area contributed by atoms with Crippen molar-refractivity contribution in [1.82, 2.24) is 9.97 Å². The first-order chi connectivity index (χ1) is 21.1. The number of fused-ring (bicyclic) bond motifs is 9. The average Bonchev–Trinajstić information content (AvgIpc) is 3.85. The molecule has 4 aromatic heterocycles. The molecule has 0 amide bonds. The smallest absolute Gasteiger partial charge is 0.153 e. The Morgan fingerprint density at radius 3 is 1.51 bits per heavy atom. The zero-order valence-corrected chi connectivity index (χ0v) is 23.9. The molecule has 4 nitrogen and oxygen atoms in total. The minimum atomic E-state index is 0.714. The van der Waals surface area contributed by atoms with Crippen molar-refractivity contribution in [3.05, 3.63) is 138 Å². The minimum Gasteiger partial charge on any atom is -0.456 e. The van der Waals surface area contributed by atoms with Crippen molar-refractivity contribution in [1.29, 1.82) is 0 Å². The molecule has 0 saturated heterocycles. The maximum atomic E-state index is 6.76. The van der Waals surface area contributed by atoms with Gasteiger partial charge in [0.1, 0.15) is 22.4 Å². The normalized spacial score (nSPS) is 11.9. The summed E-state index contributed by atoms with van der Waals surface area (Å²) in [6.45, 7) is 4.20. The predicted molar refractivity (Wildman–Crippen MR) is 177 cm³/mol. The van der Waals surface area contributed by atoms with Crippen LogP contribution in [0.4, 0.5) is 0 Å². The van der Waals surface area contributed by atoms with Crippen LogP contribution in [0.25, 0.3) is 78.9 Å². The van der Waals surface area contributed by atoms with Gasteiger partial charge in [-0.15, -0.1) is 0 Å². The van der Waals surface area contributed by atoms with E-state index in [9.17, 15) is 0 Å². The number of aryl methyl sites for hydroxylation is 2. The van der Waals surface area contributed by atoms with Crippen LogP contribution in [-0.2, 0) is 0 Å². The third-order valence-electron chi connectivity index (χ3n) is 8.07. The summed E-state index contributed by atoms with van der Waals surface area (Å²) in [5, 5.41) is 0. The lowest BCUT2D eigenvalue weighted by Crippen LogP contribution is -1.84. The first-order valence-corrected chi connectivity index (χ1v) is 14.5. The number of H-pyrrole nitrogens is 1. The molecule has 0 atom stereocenters. The van der Waals surface area contributed by atoms with E-state index in [-0.39, 0.29) is 0 Å². The molecule has 0 fully saturated rings. The van der Waals surface area contributed by atoms with Crippen LogP contribution in [0.3, 0.4) is 0 Å². The topological polar surface area (TPSA) is 55.0 Å². The quantitative estimate of drug-likeness (QED) is 0.235. The maximum Gasteiger partial charge on any atom is 0.153 e. The Hall–Kier alpha value is -5.61. The molecule has 43 heavy (non-hydrogen) atoms. The summed E-state index contributed by atoms with van der Waals surface area (Å²) in [5.41, 5.74) is 15.0. The number of hydrogen-bond acceptors (Lipinski definition) is 3. The molecule has 8 bridgehead atoms. The van der Waals surface area contributed by atoms with Crippen molar-refractivity contribution in [3.63, 3.8) is 0 Å². The Morgan fingerprint density at radius 1 is 0.442 bits per heavy atom. The van der Waals surface area contributed by atoms with E-state index >= 15 is 0 Å². The van der Waals surface area contributed by atoms with Gasteiger partial charge in [0.2, 0.25) is 0 Å². The molecule has 0 unspecified atom stereocenters. The lowest BCUT2D eigenvalue weighted by Gasteiger charge is -2.05. The van der Waals surface area contributed by atoms with Crippen molar-refractivity contribution in [2.24, 2.45) is 0 Å². The van der Waals surface area contributed by atoms with E-state index in [0.717, 1.165) is 72.6 Å². The molecule has 0 saturated carbocycles. The van der Waals surface area contributed by atoms with Gasteiger partial charge in [-0.3, -0.25) is 0 Å². The van der Waals surface area contributed by atoms with E-state index in [2.05, 4.69) is 104 Å². The number of rotatable bonds is 3. The Labute approximate surface area is 248 Å². The van der Waals surface area contributed by atoms with Gasteiger partial charge in [-0.05, 0) is 79.1 Å². The van der Waals surface area contributed by atoms with Crippen molar-refractivity contribution in [3.8, 4) is 33.4 Å². The first kappa shape index (κ1) is 25.1. The second-order valence-electron chi connectivity index (χ2n) is 11.1. The molecular formula is C39H28N2O2. The molecule has 0 aliphatic carbocycles. The molecule has 4 heteroatoms. The third-order valence-corrected chi connectivity index (χ3v) is 8.07. The highest BCUT2D eigenvalue weighted by atomic mass is 16.3. The average molecular weight is 557 g/mol. The minimum absolute atomic E-state index is 0.714. The Balaban J connectivity index is 1.56. The first-order valence-electron chi connectivity index (χ1n) is 14.5. The van der Waals surface area contributed by atoms with Crippen LogP contribution in [0.1, 0.15) is 22.5 Å². The van der Waals surface area contributed by atoms with Gasteiger partial charge in [0.05, 0.1) is 22.3 Å². The zero-order chi connectivity index (χ0) is 28.9. The Bertz CT molecular complexity index is 2280. The van der Waals surface area contributed by atoms with E-state index in [1.807, 2.05) is 42.5 Å². The fourth-order valence-electron chi connectivity index (χ4n) is 5.86. The van der Waals surface area contributed by atoms with Crippen molar-refractivity contribution in [2.75, 3.05) is 0 Å². The number of furan rings is 2. The molecule has 206 valence electrons. The molecule has 1 aliphatic heterocycles. The molecule has 8 rings (SSSR count). The van der Waals surface area contributed by atoms with Gasteiger partial charge in [0.25, 0.3) is 0 Å². The summed E-state index contributed by atoms with van der Waals surface area (Å²) in [6, 6.07) is 39.8. The van der Waals surface area contributed by atoms with Gasteiger partial charge < -0.3 is 13.8 Å². The van der Waals surface area contributed by atoms with Gasteiger partial charge in [-0.1, -0.05) is 90.0 Å². The van der Waals surface area contributed by atoms with Crippen LogP contribution in [0, 0.1) is 13.8 Å². The molecule has 0 radical (unpaired) electrons. The number of aromatic amines is 1. The highest BCUT2D eigenvalue weighted by Crippen LogP contribution is 2.37. The van der Waals surface area contributed by atoms with E-state index in [0.29, 0.717) is 5.58 Å². The summed E-state index contributed by atoms with van der Waals surface area (Å²) in [6.07, 6.45) is 4.06. The summed E-state index contributed by atoms with van der Waals surface area (Å²) >= 11 is 0. The van der Waals surface area contributed by atoms with Crippen molar-refractivity contribution >= 4 is 45.5 Å². The van der Waals surface area contributed by atoms with E-state index in [1.54, 1.807) is 0 Å². The Kier molecular flexibility index (Phi) is 5.86. The van der Waals surface area contributed by atoms with Gasteiger partial charge in [-0.25, -0.2) is 4.98 Å². The van der Waals surface area contributed by atoms with Gasteiger partial charge in [-0.2, -0.15) is 0 Å². The number of hydrogen-bond donors (Lipinski definition) is 1. The summed E-state index contributed by atoms with van der Waals surface area (Å²) in [4.78, 5) is 8.79. The van der Waals surface area contributed by atoms with Gasteiger partial charge in [0.15, 0.2) is 5.58 Å². The number of nitrogens with zero attached hydrogens (tertiary/aromatic N) is 1. The molecule has 0 spiro atoms. The fourth-order valence-corrected chi connectivity index (χ4v) is 5.86. The molecule has 3 aromatic carbocycles. The summed E-state index contributed by atoms with van der Waals surface area (Å²) in [7, 11) is 0. The van der Waals surface area contributed by atoms with Crippen LogP contribution in [0.15, 0.2) is 124 Å². The number of benzene rings is 3. The van der Waals surface area contributed by atoms with Gasteiger partial charge in [0, 0.05) is 11.1 Å². The highest BCUT2D eigenvalue weighted by molar-refractivity contribution is 5.98. The van der Waals surface area contributed by atoms with Crippen molar-refractivity contribution < 1.29 is 8.83 Å². The van der Waals surface area contributed by atoms with E-state index in [1.165, 1.54) is 11.1 Å². The molecule has 1 aliphatic rings. The monoisotopic (exact) mass is 556 g/mol. The van der Waals surface area contributed by atoms with Crippen LogP contribution < -0.4 is 0 Å². The summed E-state index contributed by atoms with van der Waals surface area (Å²) in [5.74, 6) is 0. The molecule has 7 aromatic rings. The standard InChI is InChI=1S/C39H28N2O2/c1-24-8-12-27(13-9-24)38-30-17-16-29(40-30)33-20-21-34(42-33)37(26-6-4-3-5-7-26)31-18-19-32(41-31)39(36-23-22-35(38)43-36)28-14-10-25(2)11-15-28/h3-23,41H,1-2H3. The van der Waals surface area contributed by atoms with Crippen LogP contribution in [-0.4, -0.2) is 9.97 Å². The highest BCUT2D eigenvalue weighted by Gasteiger charge is 2.16. The lowest BCUT2D eigenvalue weighted by molar-refractivity contribution is 0.664. The van der Waals surface area contributed by atoms with E-state index in [4.69, 9.17) is 13.8 Å². The number of nitrogens with one attached hydrogen (secondary N) is 1. The third kappa shape index (κ3) is 4.45. The summed E-state index contributed by atoms with van der Waals surface area (Å²) < 4.78 is 13.3. The maximum absolute atomic E-state index is 6.76. The second-order valence-corrected chi connectivity index (χ2v) is 11.1. The SMILES string of the molecule is Cc1ccc(-c2c3nc(c4ccc(o4)c(-c4ccccc4)c4ccc([nH]4)c(-c4ccc(C)cc4)c4ccc2o4)C=C3)cc1. The van der Waals surface area contributed by atoms with Gasteiger partial charge >= 0.3 is 0 Å². The molecule has 5 heterocycles. The largest absolute Gasteiger partial charge is 0.456 e. The van der Waals surface area contributed by atoms with E-state index < -0.39 is 0 Å². The van der Waals surface area contributed by atoms with Crippen LogP contribution in [0.5, 0.6) is 0 Å². The van der Waals surface area contributed by atoms with Crippen molar-refractivity contribution in [2.45, 2.75) is 13.8 Å². The molecular weight excluding hydrogens is 528 g/mol. The second kappa shape index (κ2) is 10.0. The predicted octanol–water partition coefficient (Wildman–Crippen LogP) is 10.8. The van der Waals surface area contributed by atoms with Crippen LogP contribution in [0.2, 0.25) is 0 Å². The Morgan fingerprint density at radius 2 is 0.907 bits per heavy atom. The zero-order valence-electron chi connectivity index (χ0n) is 23.9. The van der Waals surface area contributed by atoms with Crippen LogP contribution >= 0.6 is 0 Å². The fraction of sp³-hybridized carbons (Fsp3) is 0.0513.